The molecule has 0 spiro atoms. The van der Waals surface area contributed by atoms with Gasteiger partial charge in [0.1, 0.15) is 0 Å². The minimum atomic E-state index is -0.388. The third kappa shape index (κ3) is 4.17. The van der Waals surface area contributed by atoms with Gasteiger partial charge in [0.25, 0.3) is 0 Å². The zero-order valence-electron chi connectivity index (χ0n) is 12.6. The lowest BCUT2D eigenvalue weighted by atomic mass is 9.84. The third-order valence-corrected chi connectivity index (χ3v) is 3.66. The number of rotatable bonds is 6. The molecule has 0 radical (unpaired) electrons. The number of carbonyl (C=O) groups is 1. The van der Waals surface area contributed by atoms with E-state index in [2.05, 4.69) is 43.4 Å². The summed E-state index contributed by atoms with van der Waals surface area (Å²) >= 11 is 0. The number of hydrogen-bond donors (Lipinski definition) is 2. The summed E-state index contributed by atoms with van der Waals surface area (Å²) in [7, 11) is 0. The number of carbonyl (C=O) groups excluding carboxylic acids is 1. The van der Waals surface area contributed by atoms with Gasteiger partial charge in [-0.1, -0.05) is 56.3 Å². The number of hydrogen-bond acceptors (Lipinski definition) is 2. The Labute approximate surface area is 126 Å². The lowest BCUT2D eigenvalue weighted by molar-refractivity contribution is 0.1000. The van der Waals surface area contributed by atoms with Crippen LogP contribution in [-0.2, 0) is 12.0 Å². The van der Waals surface area contributed by atoms with Crippen LogP contribution in [0, 0.1) is 0 Å². The van der Waals surface area contributed by atoms with Crippen LogP contribution in [0.2, 0.25) is 0 Å². The van der Waals surface area contributed by atoms with Crippen LogP contribution >= 0.6 is 0 Å². The van der Waals surface area contributed by atoms with Crippen molar-refractivity contribution in [2.75, 3.05) is 6.54 Å². The highest BCUT2D eigenvalue weighted by molar-refractivity contribution is 5.92. The highest BCUT2D eigenvalue weighted by Crippen LogP contribution is 2.21. The standard InChI is InChI=1S/C18H22N2O/c1-18(2,16-9-4-3-5-10-16)13-20-12-14-7-6-8-15(11-14)17(19)21/h3-11,20H,12-13H2,1-2H3,(H2,19,21). The van der Waals surface area contributed by atoms with Crippen molar-refractivity contribution < 1.29 is 4.79 Å². The van der Waals surface area contributed by atoms with Gasteiger partial charge in [0.15, 0.2) is 0 Å². The van der Waals surface area contributed by atoms with E-state index in [0.717, 1.165) is 18.7 Å². The van der Waals surface area contributed by atoms with Crippen LogP contribution in [0.5, 0.6) is 0 Å². The zero-order valence-corrected chi connectivity index (χ0v) is 12.6. The summed E-state index contributed by atoms with van der Waals surface area (Å²) in [6.45, 7) is 6.01. The highest BCUT2D eigenvalue weighted by Gasteiger charge is 2.19. The number of amides is 1. The molecule has 0 aromatic heterocycles. The monoisotopic (exact) mass is 282 g/mol. The van der Waals surface area contributed by atoms with E-state index < -0.39 is 0 Å². The molecule has 21 heavy (non-hydrogen) atoms. The van der Waals surface area contributed by atoms with Crippen LogP contribution in [0.1, 0.15) is 35.3 Å². The van der Waals surface area contributed by atoms with Crippen molar-refractivity contribution in [1.82, 2.24) is 5.32 Å². The van der Waals surface area contributed by atoms with Gasteiger partial charge < -0.3 is 11.1 Å². The summed E-state index contributed by atoms with van der Waals surface area (Å²) in [6, 6.07) is 17.9. The van der Waals surface area contributed by atoms with Crippen molar-refractivity contribution in [3.8, 4) is 0 Å². The maximum absolute atomic E-state index is 11.2. The summed E-state index contributed by atoms with van der Waals surface area (Å²) in [5.41, 5.74) is 8.28. The Kier molecular flexibility index (Phi) is 4.76. The molecule has 0 saturated carbocycles. The first kappa shape index (κ1) is 15.3. The second-order valence-electron chi connectivity index (χ2n) is 5.92. The minimum absolute atomic E-state index is 0.0581. The van der Waals surface area contributed by atoms with E-state index in [-0.39, 0.29) is 11.3 Å². The Morgan fingerprint density at radius 3 is 2.48 bits per heavy atom. The molecule has 2 rings (SSSR count). The van der Waals surface area contributed by atoms with Gasteiger partial charge in [0.05, 0.1) is 0 Å². The quantitative estimate of drug-likeness (QED) is 0.856. The van der Waals surface area contributed by atoms with Gasteiger partial charge in [-0.25, -0.2) is 0 Å². The highest BCUT2D eigenvalue weighted by atomic mass is 16.1. The van der Waals surface area contributed by atoms with E-state index in [1.165, 1.54) is 5.56 Å². The molecule has 3 nitrogen and oxygen atoms in total. The van der Waals surface area contributed by atoms with Crippen molar-refractivity contribution in [2.24, 2.45) is 5.73 Å². The number of benzene rings is 2. The Morgan fingerprint density at radius 1 is 1.10 bits per heavy atom. The van der Waals surface area contributed by atoms with E-state index in [1.54, 1.807) is 6.07 Å². The molecule has 1 amide bonds. The molecule has 0 unspecified atom stereocenters. The predicted octanol–water partition coefficient (Wildman–Crippen LogP) is 2.85. The topological polar surface area (TPSA) is 55.1 Å². The Hall–Kier alpha value is -2.13. The first-order valence-corrected chi connectivity index (χ1v) is 7.14. The summed E-state index contributed by atoms with van der Waals surface area (Å²) in [4.78, 5) is 11.2. The SMILES string of the molecule is CC(C)(CNCc1cccc(C(N)=O)c1)c1ccccc1. The van der Waals surface area contributed by atoms with E-state index in [4.69, 9.17) is 5.73 Å². The van der Waals surface area contributed by atoms with Crippen molar-refractivity contribution >= 4 is 5.91 Å². The van der Waals surface area contributed by atoms with Crippen molar-refractivity contribution in [3.05, 3.63) is 71.3 Å². The van der Waals surface area contributed by atoms with Crippen molar-refractivity contribution in [3.63, 3.8) is 0 Å². The van der Waals surface area contributed by atoms with Crippen molar-refractivity contribution in [1.29, 1.82) is 0 Å². The maximum Gasteiger partial charge on any atom is 0.248 e. The second kappa shape index (κ2) is 6.55. The van der Waals surface area contributed by atoms with E-state index in [0.29, 0.717) is 5.56 Å². The fourth-order valence-corrected chi connectivity index (χ4v) is 2.35. The van der Waals surface area contributed by atoms with Gasteiger partial charge in [0, 0.05) is 24.1 Å². The molecular weight excluding hydrogens is 260 g/mol. The average Bonchev–Trinajstić information content (AvgIpc) is 2.48. The van der Waals surface area contributed by atoms with Crippen LogP contribution < -0.4 is 11.1 Å². The zero-order chi connectivity index (χ0) is 15.3. The molecule has 0 fully saturated rings. The molecule has 0 bridgehead atoms. The van der Waals surface area contributed by atoms with Gasteiger partial charge in [-0.15, -0.1) is 0 Å². The molecule has 0 aliphatic carbocycles. The van der Waals surface area contributed by atoms with Crippen molar-refractivity contribution in [2.45, 2.75) is 25.8 Å². The van der Waals surface area contributed by atoms with Gasteiger partial charge in [-0.3, -0.25) is 4.79 Å². The first-order valence-electron chi connectivity index (χ1n) is 7.14. The van der Waals surface area contributed by atoms with E-state index in [9.17, 15) is 4.79 Å². The van der Waals surface area contributed by atoms with Crippen LogP contribution in [0.3, 0.4) is 0 Å². The van der Waals surface area contributed by atoms with Gasteiger partial charge in [-0.05, 0) is 23.3 Å². The maximum atomic E-state index is 11.2. The Morgan fingerprint density at radius 2 is 1.81 bits per heavy atom. The summed E-state index contributed by atoms with van der Waals surface area (Å²) in [5, 5.41) is 3.45. The molecule has 2 aromatic carbocycles. The van der Waals surface area contributed by atoms with Crippen LogP contribution in [0.25, 0.3) is 0 Å². The molecule has 0 aliphatic rings. The Balaban J connectivity index is 1.95. The smallest absolute Gasteiger partial charge is 0.248 e. The summed E-state index contributed by atoms with van der Waals surface area (Å²) in [5.74, 6) is -0.388. The fraction of sp³-hybridized carbons (Fsp3) is 0.278. The number of nitrogens with one attached hydrogen (secondary N) is 1. The number of primary amides is 1. The Bertz CT molecular complexity index is 606. The van der Waals surface area contributed by atoms with E-state index in [1.807, 2.05) is 24.3 Å². The van der Waals surface area contributed by atoms with Gasteiger partial charge in [0.2, 0.25) is 5.91 Å². The summed E-state index contributed by atoms with van der Waals surface area (Å²) in [6.07, 6.45) is 0. The molecular formula is C18H22N2O. The van der Waals surface area contributed by atoms with Crippen LogP contribution in [0.15, 0.2) is 54.6 Å². The van der Waals surface area contributed by atoms with Crippen LogP contribution in [0.4, 0.5) is 0 Å². The molecule has 2 aromatic rings. The molecule has 0 aliphatic heterocycles. The molecule has 110 valence electrons. The normalized spacial score (nSPS) is 11.3. The van der Waals surface area contributed by atoms with E-state index >= 15 is 0 Å². The molecule has 0 heterocycles. The lowest BCUT2D eigenvalue weighted by Crippen LogP contribution is -2.32. The number of nitrogens with two attached hydrogens (primary N) is 1. The molecule has 0 saturated heterocycles. The van der Waals surface area contributed by atoms with Crippen LogP contribution in [-0.4, -0.2) is 12.5 Å². The van der Waals surface area contributed by atoms with Gasteiger partial charge >= 0.3 is 0 Å². The molecule has 3 heteroatoms. The lowest BCUT2D eigenvalue weighted by Gasteiger charge is -2.25. The largest absolute Gasteiger partial charge is 0.366 e. The summed E-state index contributed by atoms with van der Waals surface area (Å²) < 4.78 is 0. The predicted molar refractivity (Wildman–Crippen MR) is 86.1 cm³/mol. The average molecular weight is 282 g/mol. The third-order valence-electron chi connectivity index (χ3n) is 3.66. The first-order chi connectivity index (χ1) is 9.99. The second-order valence-corrected chi connectivity index (χ2v) is 5.92. The fourth-order valence-electron chi connectivity index (χ4n) is 2.35. The minimum Gasteiger partial charge on any atom is -0.366 e. The molecule has 3 N–H and O–H groups in total. The molecule has 0 atom stereocenters. The van der Waals surface area contributed by atoms with Gasteiger partial charge in [-0.2, -0.15) is 0 Å².